The maximum atomic E-state index is 10.1. The van der Waals surface area contributed by atoms with Gasteiger partial charge in [0.25, 0.3) is 0 Å². The van der Waals surface area contributed by atoms with E-state index in [-0.39, 0.29) is 124 Å². The molecule has 0 atom stereocenters. The van der Waals surface area contributed by atoms with Crippen molar-refractivity contribution in [1.29, 1.82) is 0 Å². The molecular weight excluding hydrogens is 300 g/mol. The van der Waals surface area contributed by atoms with E-state index in [0.29, 0.717) is 0 Å². The minimum atomic E-state index is -1.13. The summed E-state index contributed by atoms with van der Waals surface area (Å²) in [6.45, 7) is 0. The van der Waals surface area contributed by atoms with Gasteiger partial charge in [0, 0.05) is 0 Å². The summed E-state index contributed by atoms with van der Waals surface area (Å²) in [6.07, 6.45) is 0. The summed E-state index contributed by atoms with van der Waals surface area (Å²) in [5.41, 5.74) is 0.220. The SMILES string of the molecule is O=C([O-])c1ccccc1.[Br-].[Cl-].[Na+].[Na+].[Na+]. The number of hydrogen-bond acceptors (Lipinski definition) is 2. The smallest absolute Gasteiger partial charge is 1.00 e. The van der Waals surface area contributed by atoms with E-state index in [1.54, 1.807) is 18.2 Å². The number of benzene rings is 1. The van der Waals surface area contributed by atoms with Gasteiger partial charge >= 0.3 is 88.7 Å². The predicted octanol–water partition coefficient (Wildman–Crippen LogP) is -14.9. The van der Waals surface area contributed by atoms with E-state index in [9.17, 15) is 9.90 Å². The average Bonchev–Trinajstić information content (AvgIpc) is 1.90. The molecule has 0 N–H and O–H groups in total. The van der Waals surface area contributed by atoms with E-state index in [4.69, 9.17) is 0 Å². The molecule has 14 heavy (non-hydrogen) atoms. The van der Waals surface area contributed by atoms with Gasteiger partial charge < -0.3 is 39.3 Å². The molecule has 2 nitrogen and oxygen atoms in total. The summed E-state index contributed by atoms with van der Waals surface area (Å²) in [7, 11) is 0. The molecule has 0 spiro atoms. The molecule has 0 saturated heterocycles. The van der Waals surface area contributed by atoms with Crippen LogP contribution in [0.4, 0.5) is 0 Å². The van der Waals surface area contributed by atoms with Crippen LogP contribution in [0, 0.1) is 0 Å². The first-order chi connectivity index (χ1) is 4.30. The molecule has 0 amide bonds. The van der Waals surface area contributed by atoms with Gasteiger partial charge in [-0.1, -0.05) is 30.3 Å². The first-order valence-corrected chi connectivity index (χ1v) is 2.57. The first-order valence-electron chi connectivity index (χ1n) is 2.57. The topological polar surface area (TPSA) is 40.1 Å². The van der Waals surface area contributed by atoms with E-state index in [0.717, 1.165) is 0 Å². The molecule has 62 valence electrons. The summed E-state index contributed by atoms with van der Waals surface area (Å²) in [5, 5.41) is 10.1. The summed E-state index contributed by atoms with van der Waals surface area (Å²) in [5.74, 6) is -1.13. The molecule has 0 aliphatic heterocycles. The molecule has 0 heterocycles. The van der Waals surface area contributed by atoms with Crippen LogP contribution in [0.3, 0.4) is 0 Å². The van der Waals surface area contributed by atoms with E-state index in [1.807, 2.05) is 0 Å². The monoisotopic (exact) mass is 304 g/mol. The fourth-order valence-corrected chi connectivity index (χ4v) is 0.574. The van der Waals surface area contributed by atoms with Crippen molar-refractivity contribution in [3.8, 4) is 0 Å². The number of carbonyl (C=O) groups excluding carboxylic acids is 1. The molecule has 0 unspecified atom stereocenters. The molecular formula is C7H5BrClNa3O2. The van der Waals surface area contributed by atoms with Crippen LogP contribution < -0.4 is 123 Å². The maximum Gasteiger partial charge on any atom is 1.00 e. The van der Waals surface area contributed by atoms with Gasteiger partial charge in [-0.3, -0.25) is 0 Å². The Labute approximate surface area is 167 Å². The number of carboxylic acid groups (broad SMARTS) is 1. The second-order valence-corrected chi connectivity index (χ2v) is 1.65. The minimum Gasteiger partial charge on any atom is -1.00 e. The molecule has 1 rings (SSSR count). The maximum absolute atomic E-state index is 10.1. The normalized spacial score (nSPS) is 5.71. The van der Waals surface area contributed by atoms with Crippen molar-refractivity contribution >= 4 is 5.97 Å². The third kappa shape index (κ3) is 12.5. The van der Waals surface area contributed by atoms with Gasteiger partial charge in [0.15, 0.2) is 0 Å². The van der Waals surface area contributed by atoms with Gasteiger partial charge in [0.2, 0.25) is 0 Å². The Balaban J connectivity index is -0.0000000540. The number of carbonyl (C=O) groups is 1. The quantitative estimate of drug-likeness (QED) is 0.484. The van der Waals surface area contributed by atoms with Gasteiger partial charge in [0.05, 0.1) is 5.97 Å². The van der Waals surface area contributed by atoms with Gasteiger partial charge in [-0.15, -0.1) is 0 Å². The van der Waals surface area contributed by atoms with Crippen molar-refractivity contribution in [3.05, 3.63) is 35.9 Å². The van der Waals surface area contributed by atoms with Crippen molar-refractivity contribution in [2.75, 3.05) is 0 Å². The van der Waals surface area contributed by atoms with Crippen LogP contribution in [0.1, 0.15) is 10.4 Å². The Morgan fingerprint density at radius 3 is 1.57 bits per heavy atom. The number of carboxylic acids is 1. The molecule has 0 aliphatic rings. The second-order valence-electron chi connectivity index (χ2n) is 1.65. The minimum absolute atomic E-state index is 0. The Bertz CT molecular complexity index is 223. The second kappa shape index (κ2) is 17.8. The Morgan fingerprint density at radius 2 is 1.36 bits per heavy atom. The van der Waals surface area contributed by atoms with Crippen molar-refractivity contribution in [1.82, 2.24) is 0 Å². The van der Waals surface area contributed by atoms with E-state index in [1.165, 1.54) is 12.1 Å². The summed E-state index contributed by atoms with van der Waals surface area (Å²) < 4.78 is 0. The predicted molar refractivity (Wildman–Crippen MR) is 30.8 cm³/mol. The molecule has 0 aromatic heterocycles. The summed E-state index contributed by atoms with van der Waals surface area (Å²) >= 11 is 0. The van der Waals surface area contributed by atoms with Gasteiger partial charge in [-0.05, 0) is 5.56 Å². The van der Waals surface area contributed by atoms with Crippen LogP contribution in [0.2, 0.25) is 0 Å². The van der Waals surface area contributed by atoms with Gasteiger partial charge in [-0.25, -0.2) is 0 Å². The van der Waals surface area contributed by atoms with Crippen LogP contribution >= 0.6 is 0 Å². The molecule has 7 heteroatoms. The van der Waals surface area contributed by atoms with Crippen LogP contribution in [0.25, 0.3) is 0 Å². The summed E-state index contributed by atoms with van der Waals surface area (Å²) in [6, 6.07) is 8.06. The van der Waals surface area contributed by atoms with Crippen LogP contribution in [-0.2, 0) is 0 Å². The zero-order valence-corrected chi connectivity index (χ0v) is 16.8. The molecule has 0 saturated carbocycles. The third-order valence-electron chi connectivity index (χ3n) is 1.01. The zero-order valence-electron chi connectivity index (χ0n) is 8.46. The number of hydrogen-bond donors (Lipinski definition) is 0. The van der Waals surface area contributed by atoms with Gasteiger partial charge in [-0.2, -0.15) is 0 Å². The van der Waals surface area contributed by atoms with E-state index >= 15 is 0 Å². The largest absolute Gasteiger partial charge is 1.00 e. The Morgan fingerprint density at radius 1 is 1.00 bits per heavy atom. The standard InChI is InChI=1S/C7H6O2.BrH.ClH.3Na/c8-7(9)6-4-2-1-3-5-6;;;;;/h1-5H,(H,8,9);2*1H;;;/q;;;3*+1/p-3. The van der Waals surface area contributed by atoms with Gasteiger partial charge in [0.1, 0.15) is 0 Å². The van der Waals surface area contributed by atoms with E-state index in [2.05, 4.69) is 0 Å². The molecule has 0 aliphatic carbocycles. The Kier molecular flexibility index (Phi) is 38.2. The molecule has 1 aromatic carbocycles. The molecule has 0 bridgehead atoms. The number of aromatic carboxylic acids is 1. The van der Waals surface area contributed by atoms with Crippen LogP contribution in [-0.4, -0.2) is 5.97 Å². The van der Waals surface area contributed by atoms with Crippen molar-refractivity contribution in [2.45, 2.75) is 0 Å². The van der Waals surface area contributed by atoms with Crippen molar-refractivity contribution in [3.63, 3.8) is 0 Å². The zero-order chi connectivity index (χ0) is 6.69. The fourth-order valence-electron chi connectivity index (χ4n) is 0.574. The molecule has 0 radical (unpaired) electrons. The molecule has 0 fully saturated rings. The van der Waals surface area contributed by atoms with Crippen LogP contribution in [0.5, 0.6) is 0 Å². The first kappa shape index (κ1) is 30.0. The number of rotatable bonds is 1. The Hall–Kier alpha value is 2.46. The average molecular weight is 305 g/mol. The van der Waals surface area contributed by atoms with Crippen molar-refractivity contribution in [2.24, 2.45) is 0 Å². The van der Waals surface area contributed by atoms with Crippen LogP contribution in [0.15, 0.2) is 30.3 Å². The van der Waals surface area contributed by atoms with Crippen molar-refractivity contribution < 1.29 is 128 Å². The summed E-state index contributed by atoms with van der Waals surface area (Å²) in [4.78, 5) is 10.1. The number of halogens is 2. The third-order valence-corrected chi connectivity index (χ3v) is 1.01. The molecule has 1 aromatic rings. The fraction of sp³-hybridized carbons (Fsp3) is 0. The van der Waals surface area contributed by atoms with E-state index < -0.39 is 5.97 Å².